The maximum atomic E-state index is 4.60. The lowest BCUT2D eigenvalue weighted by molar-refractivity contribution is 0.0537. The van der Waals surface area contributed by atoms with Crippen molar-refractivity contribution in [3.63, 3.8) is 0 Å². The molecule has 3 rings (SSSR count). The molecule has 116 valence electrons. The van der Waals surface area contributed by atoms with Crippen LogP contribution in [0.2, 0.25) is 0 Å². The summed E-state index contributed by atoms with van der Waals surface area (Å²) in [6.45, 7) is 5.53. The van der Waals surface area contributed by atoms with Crippen molar-refractivity contribution in [2.24, 2.45) is 5.92 Å². The Morgan fingerprint density at radius 3 is 3.00 bits per heavy atom. The number of anilines is 1. The van der Waals surface area contributed by atoms with E-state index in [1.54, 1.807) is 0 Å². The number of aromatic nitrogens is 1. The van der Waals surface area contributed by atoms with E-state index in [1.165, 1.54) is 56.5 Å². The Morgan fingerprint density at radius 1 is 1.24 bits per heavy atom. The highest BCUT2D eigenvalue weighted by Crippen LogP contribution is 2.35. The van der Waals surface area contributed by atoms with Crippen LogP contribution in [0.3, 0.4) is 0 Å². The van der Waals surface area contributed by atoms with E-state index in [9.17, 15) is 0 Å². The fourth-order valence-corrected chi connectivity index (χ4v) is 4.08. The molecule has 1 aromatic rings. The van der Waals surface area contributed by atoms with Gasteiger partial charge in [-0.1, -0.05) is 19.8 Å². The first-order valence-electron chi connectivity index (χ1n) is 8.79. The zero-order chi connectivity index (χ0) is 14.5. The highest BCUT2D eigenvalue weighted by atomic mass is 15.2. The summed E-state index contributed by atoms with van der Waals surface area (Å²) in [6, 6.07) is 5.14. The molecular formula is C18H29N3. The maximum Gasteiger partial charge on any atom is 0.0564 e. The average molecular weight is 287 g/mol. The van der Waals surface area contributed by atoms with Crippen LogP contribution in [-0.4, -0.2) is 29.0 Å². The second-order valence-electron chi connectivity index (χ2n) is 6.69. The number of fused-ring (bicyclic) bond motifs is 1. The Morgan fingerprint density at radius 2 is 2.10 bits per heavy atom. The summed E-state index contributed by atoms with van der Waals surface area (Å²) in [5.74, 6) is 0.953. The van der Waals surface area contributed by atoms with E-state index in [0.717, 1.165) is 31.5 Å². The molecule has 1 saturated heterocycles. The van der Waals surface area contributed by atoms with Gasteiger partial charge < -0.3 is 5.32 Å². The van der Waals surface area contributed by atoms with Gasteiger partial charge in [-0.25, -0.2) is 0 Å². The van der Waals surface area contributed by atoms with Gasteiger partial charge in [0.15, 0.2) is 0 Å². The lowest BCUT2D eigenvalue weighted by Gasteiger charge is -2.44. The van der Waals surface area contributed by atoms with E-state index < -0.39 is 0 Å². The summed E-state index contributed by atoms with van der Waals surface area (Å²) in [6.07, 6.45) is 11.7. The second kappa shape index (κ2) is 7.26. The molecule has 0 bridgehead atoms. The average Bonchev–Trinajstić information content (AvgIpc) is 2.54. The molecule has 0 aromatic carbocycles. The van der Waals surface area contributed by atoms with Gasteiger partial charge >= 0.3 is 0 Å². The van der Waals surface area contributed by atoms with E-state index in [0.29, 0.717) is 0 Å². The zero-order valence-electron chi connectivity index (χ0n) is 13.4. The third-order valence-electron chi connectivity index (χ3n) is 5.12. The number of hydrogen-bond acceptors (Lipinski definition) is 3. The minimum atomic E-state index is 0.821. The number of nitrogens with one attached hydrogen (secondary N) is 1. The highest BCUT2D eigenvalue weighted by molar-refractivity contribution is 5.43. The summed E-state index contributed by atoms with van der Waals surface area (Å²) in [5.41, 5.74) is 2.45. The number of piperidine rings is 1. The number of rotatable bonds is 5. The van der Waals surface area contributed by atoms with Gasteiger partial charge in [0.05, 0.1) is 5.69 Å². The first kappa shape index (κ1) is 14.8. The van der Waals surface area contributed by atoms with E-state index >= 15 is 0 Å². The number of likely N-dealkylation sites (tertiary alicyclic amines) is 1. The summed E-state index contributed by atoms with van der Waals surface area (Å²) >= 11 is 0. The Balaban J connectivity index is 1.64. The van der Waals surface area contributed by atoms with Crippen LogP contribution in [0.25, 0.3) is 0 Å². The van der Waals surface area contributed by atoms with Crippen molar-refractivity contribution in [3.05, 3.63) is 24.0 Å². The van der Waals surface area contributed by atoms with Crippen molar-refractivity contribution in [1.82, 2.24) is 9.88 Å². The van der Waals surface area contributed by atoms with E-state index in [1.807, 2.05) is 6.20 Å². The van der Waals surface area contributed by atoms with Gasteiger partial charge in [0.2, 0.25) is 0 Å². The molecule has 1 aliphatic heterocycles. The normalized spacial score (nSPS) is 26.3. The lowest BCUT2D eigenvalue weighted by Crippen LogP contribution is -2.46. The highest BCUT2D eigenvalue weighted by Gasteiger charge is 2.33. The third kappa shape index (κ3) is 3.76. The molecule has 2 atom stereocenters. The van der Waals surface area contributed by atoms with E-state index in [-0.39, 0.29) is 0 Å². The summed E-state index contributed by atoms with van der Waals surface area (Å²) in [5, 5.41) is 3.47. The number of nitrogens with zero attached hydrogens (tertiary/aromatic N) is 2. The van der Waals surface area contributed by atoms with Gasteiger partial charge in [0.1, 0.15) is 0 Å². The monoisotopic (exact) mass is 287 g/mol. The molecule has 1 saturated carbocycles. The van der Waals surface area contributed by atoms with Gasteiger partial charge in [-0.15, -0.1) is 0 Å². The molecule has 1 aliphatic carbocycles. The largest absolute Gasteiger partial charge is 0.385 e. The quantitative estimate of drug-likeness (QED) is 0.885. The molecule has 2 fully saturated rings. The van der Waals surface area contributed by atoms with Crippen LogP contribution in [0, 0.1) is 5.92 Å². The topological polar surface area (TPSA) is 28.2 Å². The zero-order valence-corrected chi connectivity index (χ0v) is 13.4. The summed E-state index contributed by atoms with van der Waals surface area (Å²) in [4.78, 5) is 7.31. The van der Waals surface area contributed by atoms with Gasteiger partial charge in [0.25, 0.3) is 0 Å². The molecule has 0 spiro atoms. The molecule has 0 amide bonds. The van der Waals surface area contributed by atoms with Gasteiger partial charge in [-0.3, -0.25) is 9.88 Å². The molecule has 1 N–H and O–H groups in total. The molecule has 2 heterocycles. The Kier molecular flexibility index (Phi) is 5.13. The van der Waals surface area contributed by atoms with E-state index in [4.69, 9.17) is 0 Å². The van der Waals surface area contributed by atoms with Crippen LogP contribution in [0.1, 0.15) is 57.6 Å². The fraction of sp³-hybridized carbons (Fsp3) is 0.722. The molecule has 3 heteroatoms. The fourth-order valence-electron chi connectivity index (χ4n) is 4.08. The molecule has 2 unspecified atom stereocenters. The predicted molar refractivity (Wildman–Crippen MR) is 88.4 cm³/mol. The van der Waals surface area contributed by atoms with Gasteiger partial charge in [-0.2, -0.15) is 0 Å². The maximum absolute atomic E-state index is 4.60. The van der Waals surface area contributed by atoms with Crippen LogP contribution < -0.4 is 5.32 Å². The molecule has 1 aromatic heterocycles. The Labute approximate surface area is 129 Å². The molecular weight excluding hydrogens is 258 g/mol. The number of hydrogen-bond donors (Lipinski definition) is 1. The van der Waals surface area contributed by atoms with E-state index in [2.05, 4.69) is 34.3 Å². The Bertz CT molecular complexity index is 444. The van der Waals surface area contributed by atoms with Crippen molar-refractivity contribution in [2.75, 3.05) is 18.4 Å². The third-order valence-corrected chi connectivity index (χ3v) is 5.12. The van der Waals surface area contributed by atoms with Crippen LogP contribution in [0.4, 0.5) is 5.69 Å². The van der Waals surface area contributed by atoms with Crippen LogP contribution in [0.15, 0.2) is 18.3 Å². The molecule has 3 nitrogen and oxygen atoms in total. The van der Waals surface area contributed by atoms with Gasteiger partial charge in [0, 0.05) is 31.0 Å². The van der Waals surface area contributed by atoms with Crippen LogP contribution in [-0.2, 0) is 6.54 Å². The minimum Gasteiger partial charge on any atom is -0.385 e. The SMILES string of the molecule is CCCNc1ccnc(CN2CCCC3CCCCC32)c1. The molecule has 2 aliphatic rings. The van der Waals surface area contributed by atoms with Gasteiger partial charge in [-0.05, 0) is 56.7 Å². The molecule has 21 heavy (non-hydrogen) atoms. The number of pyridine rings is 1. The lowest BCUT2D eigenvalue weighted by atomic mass is 9.78. The smallest absolute Gasteiger partial charge is 0.0564 e. The van der Waals surface area contributed by atoms with Crippen molar-refractivity contribution < 1.29 is 0 Å². The van der Waals surface area contributed by atoms with Crippen molar-refractivity contribution in [2.45, 2.75) is 64.5 Å². The van der Waals surface area contributed by atoms with Crippen molar-refractivity contribution in [3.8, 4) is 0 Å². The van der Waals surface area contributed by atoms with Crippen LogP contribution in [0.5, 0.6) is 0 Å². The Hall–Kier alpha value is -1.09. The standard InChI is InChI=1S/C18H29N3/c1-2-10-19-16-9-11-20-17(13-16)14-21-12-5-7-15-6-3-4-8-18(15)21/h9,11,13,15,18H,2-8,10,12,14H2,1H3,(H,19,20). The minimum absolute atomic E-state index is 0.821. The first-order valence-corrected chi connectivity index (χ1v) is 8.79. The first-order chi connectivity index (χ1) is 10.4. The molecule has 0 radical (unpaired) electrons. The summed E-state index contributed by atoms with van der Waals surface area (Å²) < 4.78 is 0. The van der Waals surface area contributed by atoms with Crippen LogP contribution >= 0.6 is 0 Å². The second-order valence-corrected chi connectivity index (χ2v) is 6.69. The van der Waals surface area contributed by atoms with Crippen molar-refractivity contribution >= 4 is 5.69 Å². The predicted octanol–water partition coefficient (Wildman–Crippen LogP) is 4.06. The van der Waals surface area contributed by atoms with Crippen molar-refractivity contribution in [1.29, 1.82) is 0 Å². The summed E-state index contributed by atoms with van der Waals surface area (Å²) in [7, 11) is 0.